The highest BCUT2D eigenvalue weighted by Gasteiger charge is 2.26. The van der Waals surface area contributed by atoms with Crippen LogP contribution in [0.25, 0.3) is 0 Å². The number of thiazole rings is 1. The number of aryl methyl sites for hydroxylation is 1. The first-order valence-corrected chi connectivity index (χ1v) is 8.23. The van der Waals surface area contributed by atoms with Crippen molar-refractivity contribution in [2.45, 2.75) is 71.4 Å². The zero-order chi connectivity index (χ0) is 13.0. The molecule has 0 radical (unpaired) electrons. The first-order chi connectivity index (χ1) is 8.66. The highest BCUT2D eigenvalue weighted by Crippen LogP contribution is 2.35. The van der Waals surface area contributed by atoms with E-state index in [0.717, 1.165) is 5.92 Å². The monoisotopic (exact) mass is 266 g/mol. The van der Waals surface area contributed by atoms with Gasteiger partial charge in [-0.3, -0.25) is 0 Å². The molecular weight excluding hydrogens is 240 g/mol. The largest absolute Gasteiger partial charge is 0.305 e. The van der Waals surface area contributed by atoms with Crippen molar-refractivity contribution in [1.29, 1.82) is 0 Å². The number of aromatic nitrogens is 1. The number of hydrogen-bond acceptors (Lipinski definition) is 3. The summed E-state index contributed by atoms with van der Waals surface area (Å²) in [4.78, 5) is 4.73. The Morgan fingerprint density at radius 3 is 2.39 bits per heavy atom. The lowest BCUT2D eigenvalue weighted by Crippen LogP contribution is -2.33. The molecule has 0 aliphatic heterocycles. The summed E-state index contributed by atoms with van der Waals surface area (Å²) in [6, 6.07) is 1.00. The van der Waals surface area contributed by atoms with Crippen molar-refractivity contribution in [2.24, 2.45) is 5.92 Å². The van der Waals surface area contributed by atoms with Gasteiger partial charge in [0.2, 0.25) is 0 Å². The van der Waals surface area contributed by atoms with Gasteiger partial charge >= 0.3 is 0 Å². The number of nitrogens with one attached hydrogen (secondary N) is 1. The number of rotatable bonds is 4. The fourth-order valence-electron chi connectivity index (χ4n) is 2.93. The minimum atomic E-state index is 0.474. The van der Waals surface area contributed by atoms with Gasteiger partial charge in [-0.2, -0.15) is 0 Å². The van der Waals surface area contributed by atoms with E-state index in [1.807, 2.05) is 11.3 Å². The quantitative estimate of drug-likeness (QED) is 0.814. The van der Waals surface area contributed by atoms with E-state index >= 15 is 0 Å². The Bertz CT molecular complexity index is 351. The molecule has 1 unspecified atom stereocenters. The maximum atomic E-state index is 4.73. The Kier molecular flexibility index (Phi) is 5.19. The first kappa shape index (κ1) is 14.0. The van der Waals surface area contributed by atoms with E-state index in [4.69, 9.17) is 4.98 Å². The Morgan fingerprint density at radius 2 is 1.89 bits per heavy atom. The zero-order valence-electron chi connectivity index (χ0n) is 11.9. The van der Waals surface area contributed by atoms with Gasteiger partial charge in [-0.15, -0.1) is 11.3 Å². The highest BCUT2D eigenvalue weighted by atomic mass is 32.1. The van der Waals surface area contributed by atoms with E-state index in [0.29, 0.717) is 12.1 Å². The lowest BCUT2D eigenvalue weighted by atomic mass is 9.91. The summed E-state index contributed by atoms with van der Waals surface area (Å²) in [6.07, 6.45) is 8.35. The van der Waals surface area contributed by atoms with Crippen molar-refractivity contribution in [3.63, 3.8) is 0 Å². The molecule has 1 saturated carbocycles. The van der Waals surface area contributed by atoms with E-state index in [2.05, 4.69) is 31.5 Å². The molecule has 1 atom stereocenters. The molecular formula is C15H26N2S. The standard InChI is InChI=1S/C15H26N2S/c1-11(2)16-14(15-17-12(3)10-18-15)13-8-6-4-5-7-9-13/h10-11,13-14,16H,4-9H2,1-3H3. The van der Waals surface area contributed by atoms with Gasteiger partial charge in [-0.05, 0) is 25.7 Å². The van der Waals surface area contributed by atoms with Crippen LogP contribution in [0.3, 0.4) is 0 Å². The van der Waals surface area contributed by atoms with Crippen LogP contribution in [-0.4, -0.2) is 11.0 Å². The van der Waals surface area contributed by atoms with Crippen LogP contribution in [0.2, 0.25) is 0 Å². The second-order valence-electron chi connectivity index (χ2n) is 5.88. The molecule has 1 N–H and O–H groups in total. The molecule has 1 heterocycles. The first-order valence-electron chi connectivity index (χ1n) is 7.35. The van der Waals surface area contributed by atoms with Crippen LogP contribution in [-0.2, 0) is 0 Å². The minimum absolute atomic E-state index is 0.474. The van der Waals surface area contributed by atoms with Crippen LogP contribution in [0.15, 0.2) is 5.38 Å². The molecule has 1 aliphatic carbocycles. The molecule has 1 aromatic rings. The second kappa shape index (κ2) is 6.67. The van der Waals surface area contributed by atoms with E-state index in [-0.39, 0.29) is 0 Å². The van der Waals surface area contributed by atoms with Crippen molar-refractivity contribution < 1.29 is 0 Å². The maximum Gasteiger partial charge on any atom is 0.110 e. The predicted molar refractivity (Wildman–Crippen MR) is 79.1 cm³/mol. The molecule has 1 fully saturated rings. The SMILES string of the molecule is Cc1csc(C(NC(C)C)C2CCCCCC2)n1. The van der Waals surface area contributed by atoms with Crippen LogP contribution in [0.4, 0.5) is 0 Å². The van der Waals surface area contributed by atoms with Crippen molar-refractivity contribution in [2.75, 3.05) is 0 Å². The predicted octanol–water partition coefficient (Wildman–Crippen LogP) is 4.46. The van der Waals surface area contributed by atoms with E-state index < -0.39 is 0 Å². The van der Waals surface area contributed by atoms with Gasteiger partial charge < -0.3 is 5.32 Å². The van der Waals surface area contributed by atoms with Crippen molar-refractivity contribution in [3.05, 3.63) is 16.1 Å². The van der Waals surface area contributed by atoms with Gasteiger partial charge in [-0.1, -0.05) is 39.5 Å². The number of nitrogens with zero attached hydrogens (tertiary/aromatic N) is 1. The third kappa shape index (κ3) is 3.79. The Labute approximate surface area is 115 Å². The topological polar surface area (TPSA) is 24.9 Å². The Morgan fingerprint density at radius 1 is 1.22 bits per heavy atom. The smallest absolute Gasteiger partial charge is 0.110 e. The van der Waals surface area contributed by atoms with Gasteiger partial charge in [0.25, 0.3) is 0 Å². The van der Waals surface area contributed by atoms with Gasteiger partial charge in [0.1, 0.15) is 5.01 Å². The van der Waals surface area contributed by atoms with Gasteiger partial charge in [0, 0.05) is 17.1 Å². The normalized spacial score (nSPS) is 20.0. The van der Waals surface area contributed by atoms with Crippen LogP contribution in [0.5, 0.6) is 0 Å². The summed E-state index contributed by atoms with van der Waals surface area (Å²) in [6.45, 7) is 6.58. The summed E-state index contributed by atoms with van der Waals surface area (Å²) >= 11 is 1.83. The van der Waals surface area contributed by atoms with Crippen LogP contribution in [0.1, 0.15) is 69.1 Å². The van der Waals surface area contributed by atoms with Gasteiger partial charge in [0.05, 0.1) is 6.04 Å². The minimum Gasteiger partial charge on any atom is -0.305 e. The summed E-state index contributed by atoms with van der Waals surface area (Å²) < 4.78 is 0. The van der Waals surface area contributed by atoms with Gasteiger partial charge in [0.15, 0.2) is 0 Å². The van der Waals surface area contributed by atoms with Crippen LogP contribution < -0.4 is 5.32 Å². The number of hydrogen-bond donors (Lipinski definition) is 1. The summed E-state index contributed by atoms with van der Waals surface area (Å²) in [7, 11) is 0. The molecule has 2 nitrogen and oxygen atoms in total. The molecule has 18 heavy (non-hydrogen) atoms. The van der Waals surface area contributed by atoms with Crippen molar-refractivity contribution >= 4 is 11.3 Å². The maximum absolute atomic E-state index is 4.73. The highest BCUT2D eigenvalue weighted by molar-refractivity contribution is 7.09. The Balaban J connectivity index is 2.12. The average molecular weight is 266 g/mol. The third-order valence-electron chi connectivity index (χ3n) is 3.79. The summed E-state index contributed by atoms with van der Waals surface area (Å²) in [5.74, 6) is 0.778. The summed E-state index contributed by atoms with van der Waals surface area (Å²) in [5, 5.41) is 7.24. The van der Waals surface area contributed by atoms with Crippen LogP contribution >= 0.6 is 11.3 Å². The van der Waals surface area contributed by atoms with E-state index in [9.17, 15) is 0 Å². The molecule has 3 heteroatoms. The average Bonchev–Trinajstić information content (AvgIpc) is 2.60. The lowest BCUT2D eigenvalue weighted by Gasteiger charge is -2.27. The fourth-order valence-corrected chi connectivity index (χ4v) is 3.88. The molecule has 0 saturated heterocycles. The molecule has 0 aromatic carbocycles. The zero-order valence-corrected chi connectivity index (χ0v) is 12.7. The molecule has 0 amide bonds. The molecule has 0 bridgehead atoms. The molecule has 0 spiro atoms. The molecule has 1 aromatic heterocycles. The summed E-state index contributed by atoms with van der Waals surface area (Å²) in [5.41, 5.74) is 1.17. The van der Waals surface area contributed by atoms with Gasteiger partial charge in [-0.25, -0.2) is 4.98 Å². The van der Waals surface area contributed by atoms with Crippen molar-refractivity contribution in [1.82, 2.24) is 10.3 Å². The molecule has 1 aliphatic rings. The van der Waals surface area contributed by atoms with E-state index in [1.165, 1.54) is 49.2 Å². The molecule has 102 valence electrons. The fraction of sp³-hybridized carbons (Fsp3) is 0.800. The lowest BCUT2D eigenvalue weighted by molar-refractivity contribution is 0.307. The molecule has 2 rings (SSSR count). The Hall–Kier alpha value is -0.410. The third-order valence-corrected chi connectivity index (χ3v) is 4.83. The van der Waals surface area contributed by atoms with Crippen LogP contribution in [0, 0.1) is 12.8 Å². The van der Waals surface area contributed by atoms with E-state index in [1.54, 1.807) is 0 Å². The van der Waals surface area contributed by atoms with Crippen molar-refractivity contribution in [3.8, 4) is 0 Å². The second-order valence-corrected chi connectivity index (χ2v) is 6.77.